The predicted octanol–water partition coefficient (Wildman–Crippen LogP) is 3.72. The van der Waals surface area contributed by atoms with Gasteiger partial charge in [0, 0.05) is 45.8 Å². The Kier molecular flexibility index (Phi) is 7.98. The molecular formula is C24H35N5O2. The van der Waals surface area contributed by atoms with E-state index < -0.39 is 0 Å². The average Bonchev–Trinajstić information content (AvgIpc) is 2.83. The zero-order valence-electron chi connectivity index (χ0n) is 19.2. The molecule has 0 atom stereocenters. The van der Waals surface area contributed by atoms with Crippen LogP contribution >= 0.6 is 0 Å². The normalized spacial score (nSPS) is 13.8. The zero-order chi connectivity index (χ0) is 22.2. The highest BCUT2D eigenvalue weighted by atomic mass is 16.5. The smallest absolute Gasteiger partial charge is 0.257 e. The first-order valence-corrected chi connectivity index (χ1v) is 11.3. The van der Waals surface area contributed by atoms with Crippen LogP contribution in [-0.2, 0) is 0 Å². The lowest BCUT2D eigenvalue weighted by Crippen LogP contribution is -2.47. The summed E-state index contributed by atoms with van der Waals surface area (Å²) in [5, 5.41) is 3.36. The van der Waals surface area contributed by atoms with Crippen molar-refractivity contribution < 1.29 is 9.53 Å². The van der Waals surface area contributed by atoms with Gasteiger partial charge in [-0.05, 0) is 44.5 Å². The van der Waals surface area contributed by atoms with E-state index in [0.717, 1.165) is 56.4 Å². The van der Waals surface area contributed by atoms with Gasteiger partial charge >= 0.3 is 0 Å². The summed E-state index contributed by atoms with van der Waals surface area (Å²) in [6, 6.07) is 12.0. The van der Waals surface area contributed by atoms with Gasteiger partial charge in [0.1, 0.15) is 17.4 Å². The standard InChI is InChI=1S/C24H35N5O2/c1-5-14-25-23-19(24(30)27(6-2)7-3)12-13-22(26-23)29-17-15-28(16-18-29)20-10-8-9-11-21(20)31-4/h8-13H,5-7,14-18H2,1-4H3,(H,25,26). The first kappa shape index (κ1) is 22.7. The quantitative estimate of drug-likeness (QED) is 0.661. The zero-order valence-corrected chi connectivity index (χ0v) is 19.2. The number of ether oxygens (including phenoxy) is 1. The third-order valence-corrected chi connectivity index (χ3v) is 5.73. The van der Waals surface area contributed by atoms with E-state index in [1.165, 1.54) is 0 Å². The third-order valence-electron chi connectivity index (χ3n) is 5.73. The van der Waals surface area contributed by atoms with E-state index in [9.17, 15) is 4.79 Å². The molecule has 2 heterocycles. The number of carbonyl (C=O) groups excluding carboxylic acids is 1. The highest BCUT2D eigenvalue weighted by molar-refractivity contribution is 5.99. The molecule has 1 aromatic heterocycles. The molecule has 2 aromatic rings. The summed E-state index contributed by atoms with van der Waals surface area (Å²) in [4.78, 5) is 24.3. The molecule has 1 aromatic carbocycles. The van der Waals surface area contributed by atoms with E-state index in [1.807, 2.05) is 49.1 Å². The number of carbonyl (C=O) groups is 1. The van der Waals surface area contributed by atoms with E-state index in [4.69, 9.17) is 9.72 Å². The molecule has 1 aliphatic heterocycles. The Balaban J connectivity index is 1.76. The molecule has 1 aliphatic rings. The maximum Gasteiger partial charge on any atom is 0.257 e. The van der Waals surface area contributed by atoms with Crippen molar-refractivity contribution in [3.63, 3.8) is 0 Å². The maximum atomic E-state index is 13.0. The molecule has 1 saturated heterocycles. The summed E-state index contributed by atoms with van der Waals surface area (Å²) in [6.07, 6.45) is 0.975. The third kappa shape index (κ3) is 5.21. The summed E-state index contributed by atoms with van der Waals surface area (Å²) in [7, 11) is 1.71. The molecule has 0 unspecified atom stereocenters. The number of hydrogen-bond acceptors (Lipinski definition) is 6. The summed E-state index contributed by atoms with van der Waals surface area (Å²) in [5.74, 6) is 2.53. The van der Waals surface area contributed by atoms with Crippen LogP contribution in [0.1, 0.15) is 37.6 Å². The van der Waals surface area contributed by atoms with Gasteiger partial charge in [-0.25, -0.2) is 4.98 Å². The molecule has 3 rings (SSSR count). The van der Waals surface area contributed by atoms with E-state index in [0.29, 0.717) is 24.5 Å². The second-order valence-corrected chi connectivity index (χ2v) is 7.62. The van der Waals surface area contributed by atoms with Crippen molar-refractivity contribution >= 4 is 23.2 Å². The van der Waals surface area contributed by atoms with E-state index >= 15 is 0 Å². The van der Waals surface area contributed by atoms with Crippen LogP contribution in [0.4, 0.5) is 17.3 Å². The maximum absolute atomic E-state index is 13.0. The van der Waals surface area contributed by atoms with Gasteiger partial charge in [0.15, 0.2) is 0 Å². The van der Waals surface area contributed by atoms with Crippen LogP contribution < -0.4 is 19.9 Å². The number of anilines is 3. The van der Waals surface area contributed by atoms with Gasteiger partial charge in [0.2, 0.25) is 0 Å². The number of rotatable bonds is 9. The Morgan fingerprint density at radius 2 is 1.71 bits per heavy atom. The van der Waals surface area contributed by atoms with Crippen LogP contribution in [0.2, 0.25) is 0 Å². The van der Waals surface area contributed by atoms with Crippen molar-refractivity contribution in [2.45, 2.75) is 27.2 Å². The lowest BCUT2D eigenvalue weighted by Gasteiger charge is -2.37. The van der Waals surface area contributed by atoms with Crippen LogP contribution in [-0.4, -0.2) is 68.7 Å². The molecular weight excluding hydrogens is 390 g/mol. The van der Waals surface area contributed by atoms with Crippen LogP contribution in [0, 0.1) is 0 Å². The number of nitrogens with zero attached hydrogens (tertiary/aromatic N) is 4. The summed E-state index contributed by atoms with van der Waals surface area (Å²) in [6.45, 7) is 11.8. The number of para-hydroxylation sites is 2. The Morgan fingerprint density at radius 1 is 1.03 bits per heavy atom. The van der Waals surface area contributed by atoms with Crippen molar-refractivity contribution in [1.82, 2.24) is 9.88 Å². The summed E-state index contributed by atoms with van der Waals surface area (Å²) < 4.78 is 5.52. The van der Waals surface area contributed by atoms with Crippen LogP contribution in [0.5, 0.6) is 5.75 Å². The van der Waals surface area contributed by atoms with Crippen LogP contribution in [0.3, 0.4) is 0 Å². The van der Waals surface area contributed by atoms with Crippen LogP contribution in [0.15, 0.2) is 36.4 Å². The van der Waals surface area contributed by atoms with Crippen LogP contribution in [0.25, 0.3) is 0 Å². The molecule has 1 N–H and O–H groups in total. The van der Waals surface area contributed by atoms with Gasteiger partial charge in [-0.3, -0.25) is 4.79 Å². The Bertz CT molecular complexity index is 861. The number of amides is 1. The number of aromatic nitrogens is 1. The number of hydrogen-bond donors (Lipinski definition) is 1. The molecule has 0 aliphatic carbocycles. The van der Waals surface area contributed by atoms with Gasteiger partial charge in [0.05, 0.1) is 18.4 Å². The number of benzene rings is 1. The Labute approximate surface area is 186 Å². The van der Waals surface area contributed by atoms with Gasteiger partial charge in [-0.15, -0.1) is 0 Å². The molecule has 0 saturated carbocycles. The molecule has 1 amide bonds. The molecule has 7 nitrogen and oxygen atoms in total. The monoisotopic (exact) mass is 425 g/mol. The van der Waals surface area contributed by atoms with E-state index in [1.54, 1.807) is 7.11 Å². The minimum Gasteiger partial charge on any atom is -0.495 e. The average molecular weight is 426 g/mol. The minimum absolute atomic E-state index is 0.0312. The number of pyridine rings is 1. The second kappa shape index (κ2) is 10.9. The Hall–Kier alpha value is -2.96. The second-order valence-electron chi connectivity index (χ2n) is 7.62. The largest absolute Gasteiger partial charge is 0.495 e. The van der Waals surface area contributed by atoms with Gasteiger partial charge in [-0.1, -0.05) is 19.1 Å². The lowest BCUT2D eigenvalue weighted by atomic mass is 10.2. The van der Waals surface area contributed by atoms with Crippen molar-refractivity contribution in [2.75, 3.05) is 68.0 Å². The predicted molar refractivity (Wildman–Crippen MR) is 128 cm³/mol. The van der Waals surface area contributed by atoms with Crippen molar-refractivity contribution in [1.29, 1.82) is 0 Å². The van der Waals surface area contributed by atoms with Crippen molar-refractivity contribution in [3.05, 3.63) is 42.0 Å². The molecule has 0 radical (unpaired) electrons. The number of piperazine rings is 1. The fourth-order valence-corrected chi connectivity index (χ4v) is 3.92. The summed E-state index contributed by atoms with van der Waals surface area (Å²) >= 11 is 0. The number of methoxy groups -OCH3 is 1. The van der Waals surface area contributed by atoms with Gasteiger partial charge in [-0.2, -0.15) is 0 Å². The highest BCUT2D eigenvalue weighted by Gasteiger charge is 2.23. The molecule has 0 bridgehead atoms. The van der Waals surface area contributed by atoms with Gasteiger partial charge in [0.25, 0.3) is 5.91 Å². The highest BCUT2D eigenvalue weighted by Crippen LogP contribution is 2.29. The summed E-state index contributed by atoms with van der Waals surface area (Å²) in [5.41, 5.74) is 1.77. The van der Waals surface area contributed by atoms with Gasteiger partial charge < -0.3 is 24.8 Å². The van der Waals surface area contributed by atoms with E-state index in [-0.39, 0.29) is 5.91 Å². The van der Waals surface area contributed by atoms with Crippen molar-refractivity contribution in [3.8, 4) is 5.75 Å². The van der Waals surface area contributed by atoms with Crippen molar-refractivity contribution in [2.24, 2.45) is 0 Å². The molecule has 1 fully saturated rings. The molecule has 31 heavy (non-hydrogen) atoms. The first-order chi connectivity index (χ1) is 15.1. The first-order valence-electron chi connectivity index (χ1n) is 11.3. The SMILES string of the molecule is CCCNc1nc(N2CCN(c3ccccc3OC)CC2)ccc1C(=O)N(CC)CC. The number of nitrogens with one attached hydrogen (secondary N) is 1. The van der Waals surface area contributed by atoms with E-state index in [2.05, 4.69) is 28.1 Å². The fourth-order valence-electron chi connectivity index (χ4n) is 3.92. The Morgan fingerprint density at radius 3 is 2.35 bits per heavy atom. The molecule has 168 valence electrons. The molecule has 0 spiro atoms. The fraction of sp³-hybridized carbons (Fsp3) is 0.500. The molecule has 7 heteroatoms. The topological polar surface area (TPSA) is 60.9 Å². The lowest BCUT2D eigenvalue weighted by molar-refractivity contribution is 0.0773. The minimum atomic E-state index is 0.0312.